The number of methoxy groups -OCH3 is 2. The number of esters is 2. The van der Waals surface area contributed by atoms with Crippen molar-refractivity contribution in [3.05, 3.63) is 35.2 Å². The molecule has 1 unspecified atom stereocenters. The maximum absolute atomic E-state index is 13.4. The van der Waals surface area contributed by atoms with E-state index in [2.05, 4.69) is 4.74 Å². The maximum Gasteiger partial charge on any atom is 0.335 e. The first kappa shape index (κ1) is 15.0. The molecule has 1 aliphatic rings. The summed E-state index contributed by atoms with van der Waals surface area (Å²) in [6.07, 6.45) is 1.56. The molecule has 0 saturated heterocycles. The Morgan fingerprint density at radius 3 is 2.62 bits per heavy atom. The van der Waals surface area contributed by atoms with Crippen molar-refractivity contribution in [2.24, 2.45) is 0 Å². The summed E-state index contributed by atoms with van der Waals surface area (Å²) in [5.41, 5.74) is 1.60. The molecule has 0 N–H and O–H groups in total. The smallest absolute Gasteiger partial charge is 0.335 e. The van der Waals surface area contributed by atoms with E-state index >= 15 is 0 Å². The van der Waals surface area contributed by atoms with Gasteiger partial charge in [0.1, 0.15) is 5.82 Å². The van der Waals surface area contributed by atoms with E-state index in [4.69, 9.17) is 4.74 Å². The number of carbonyl (C=O) groups excluding carboxylic acids is 2. The molecule has 1 heterocycles. The van der Waals surface area contributed by atoms with Crippen LogP contribution in [0.5, 0.6) is 0 Å². The van der Waals surface area contributed by atoms with Gasteiger partial charge in [-0.2, -0.15) is 0 Å². The van der Waals surface area contributed by atoms with Crippen molar-refractivity contribution in [1.29, 1.82) is 0 Å². The number of carbonyl (C=O) groups is 2. The van der Waals surface area contributed by atoms with Crippen LogP contribution in [0.25, 0.3) is 6.08 Å². The number of nitrogens with zero attached hydrogens (tertiary/aromatic N) is 1. The summed E-state index contributed by atoms with van der Waals surface area (Å²) in [6.45, 7) is 0. The highest BCUT2D eigenvalue weighted by molar-refractivity contribution is 5.99. The van der Waals surface area contributed by atoms with Crippen LogP contribution in [0.1, 0.15) is 12.0 Å². The fraction of sp³-hybridized carbons (Fsp3) is 0.333. The fourth-order valence-corrected chi connectivity index (χ4v) is 2.40. The van der Waals surface area contributed by atoms with Crippen LogP contribution in [-0.4, -0.2) is 39.2 Å². The van der Waals surface area contributed by atoms with Crippen molar-refractivity contribution in [2.45, 2.75) is 12.5 Å². The Bertz CT molecular complexity index is 612. The van der Waals surface area contributed by atoms with Gasteiger partial charge in [0.25, 0.3) is 0 Å². The molecule has 112 valence electrons. The third kappa shape index (κ3) is 2.89. The molecule has 0 amide bonds. The highest BCUT2D eigenvalue weighted by Gasteiger charge is 2.32. The van der Waals surface area contributed by atoms with Gasteiger partial charge in [-0.05, 0) is 24.3 Å². The number of anilines is 1. The number of fused-ring (bicyclic) bond motifs is 1. The molecule has 0 fully saturated rings. The summed E-state index contributed by atoms with van der Waals surface area (Å²) >= 11 is 0. The molecule has 21 heavy (non-hydrogen) atoms. The number of hydrogen-bond acceptors (Lipinski definition) is 5. The summed E-state index contributed by atoms with van der Waals surface area (Å²) in [6, 6.07) is 3.77. The zero-order valence-corrected chi connectivity index (χ0v) is 12.1. The summed E-state index contributed by atoms with van der Waals surface area (Å²) in [5.74, 6) is -1.38. The minimum atomic E-state index is -0.550. The van der Waals surface area contributed by atoms with Crippen molar-refractivity contribution in [3.8, 4) is 0 Å². The number of ether oxygens (including phenoxy) is 2. The Balaban J connectivity index is 2.48. The molecule has 0 aromatic heterocycles. The van der Waals surface area contributed by atoms with Crippen LogP contribution in [-0.2, 0) is 19.1 Å². The first-order valence-corrected chi connectivity index (χ1v) is 6.37. The largest absolute Gasteiger partial charge is 0.469 e. The monoisotopic (exact) mass is 293 g/mol. The first-order chi connectivity index (χ1) is 9.97. The number of benzene rings is 1. The normalized spacial score (nSPS) is 16.9. The van der Waals surface area contributed by atoms with Crippen LogP contribution in [0, 0.1) is 5.82 Å². The lowest BCUT2D eigenvalue weighted by molar-refractivity contribution is -0.141. The number of likely N-dealkylation sites (N-methyl/N-ethyl adjacent to an activating group) is 1. The van der Waals surface area contributed by atoms with Gasteiger partial charge in [-0.1, -0.05) is 0 Å². The Morgan fingerprint density at radius 1 is 1.29 bits per heavy atom. The zero-order valence-electron chi connectivity index (χ0n) is 12.1. The highest BCUT2D eigenvalue weighted by Crippen LogP contribution is 2.34. The SMILES string of the molecule is COC(=O)CC1C(C(=O)OC)=Cc2cc(F)ccc2N1C. The van der Waals surface area contributed by atoms with Crippen molar-refractivity contribution in [2.75, 3.05) is 26.2 Å². The Labute approximate surface area is 121 Å². The lowest BCUT2D eigenvalue weighted by Gasteiger charge is -2.35. The van der Waals surface area contributed by atoms with Crippen LogP contribution < -0.4 is 4.90 Å². The average Bonchev–Trinajstić information content (AvgIpc) is 2.48. The van der Waals surface area contributed by atoms with Crippen LogP contribution in [0.2, 0.25) is 0 Å². The van der Waals surface area contributed by atoms with Crippen LogP contribution >= 0.6 is 0 Å². The van der Waals surface area contributed by atoms with Crippen molar-refractivity contribution < 1.29 is 23.5 Å². The van der Waals surface area contributed by atoms with E-state index in [1.807, 2.05) is 0 Å². The van der Waals surface area contributed by atoms with Crippen LogP contribution in [0.15, 0.2) is 23.8 Å². The van der Waals surface area contributed by atoms with Crippen molar-refractivity contribution >= 4 is 23.7 Å². The van der Waals surface area contributed by atoms with Gasteiger partial charge >= 0.3 is 11.9 Å². The predicted molar refractivity (Wildman–Crippen MR) is 75.2 cm³/mol. The lowest BCUT2D eigenvalue weighted by atomic mass is 9.93. The molecule has 0 bridgehead atoms. The van der Waals surface area contributed by atoms with E-state index < -0.39 is 23.8 Å². The van der Waals surface area contributed by atoms with E-state index in [9.17, 15) is 14.0 Å². The maximum atomic E-state index is 13.4. The van der Waals surface area contributed by atoms with Crippen molar-refractivity contribution in [1.82, 2.24) is 0 Å². The van der Waals surface area contributed by atoms with Gasteiger partial charge in [0, 0.05) is 18.3 Å². The van der Waals surface area contributed by atoms with Gasteiger partial charge in [-0.15, -0.1) is 0 Å². The number of rotatable bonds is 3. The van der Waals surface area contributed by atoms with E-state index in [1.54, 1.807) is 24.1 Å². The molecule has 1 aliphatic heterocycles. The minimum absolute atomic E-state index is 0.00471. The second-order valence-electron chi connectivity index (χ2n) is 4.70. The lowest BCUT2D eigenvalue weighted by Crippen LogP contribution is -2.40. The summed E-state index contributed by atoms with van der Waals surface area (Å²) in [7, 11) is 4.29. The second kappa shape index (κ2) is 5.95. The molecule has 6 heteroatoms. The second-order valence-corrected chi connectivity index (χ2v) is 4.70. The summed E-state index contributed by atoms with van der Waals surface area (Å²) < 4.78 is 22.8. The molecule has 0 saturated carbocycles. The molecular formula is C15H16FNO4. The van der Waals surface area contributed by atoms with Gasteiger partial charge in [-0.25, -0.2) is 9.18 Å². The summed E-state index contributed by atoms with van der Waals surface area (Å²) in [4.78, 5) is 25.2. The molecule has 0 aliphatic carbocycles. The van der Waals surface area contributed by atoms with Crippen LogP contribution in [0.3, 0.4) is 0 Å². The Morgan fingerprint density at radius 2 is 2.00 bits per heavy atom. The molecule has 5 nitrogen and oxygen atoms in total. The molecule has 1 atom stereocenters. The molecule has 1 aromatic rings. The molecule has 0 radical (unpaired) electrons. The number of hydrogen-bond donors (Lipinski definition) is 0. The van der Waals surface area contributed by atoms with E-state index in [0.717, 1.165) is 5.69 Å². The van der Waals surface area contributed by atoms with Crippen molar-refractivity contribution in [3.63, 3.8) is 0 Å². The summed E-state index contributed by atoms with van der Waals surface area (Å²) in [5, 5.41) is 0. The van der Waals surface area contributed by atoms with Gasteiger partial charge < -0.3 is 14.4 Å². The zero-order chi connectivity index (χ0) is 15.6. The predicted octanol–water partition coefficient (Wildman–Crippen LogP) is 1.76. The van der Waals surface area contributed by atoms with Gasteiger partial charge in [0.05, 0.1) is 32.3 Å². The topological polar surface area (TPSA) is 55.8 Å². The quantitative estimate of drug-likeness (QED) is 0.795. The minimum Gasteiger partial charge on any atom is -0.469 e. The highest BCUT2D eigenvalue weighted by atomic mass is 19.1. The van der Waals surface area contributed by atoms with Crippen LogP contribution in [0.4, 0.5) is 10.1 Å². The third-order valence-corrected chi connectivity index (χ3v) is 3.52. The molecule has 0 spiro atoms. The van der Waals surface area contributed by atoms with E-state index in [-0.39, 0.29) is 6.42 Å². The first-order valence-electron chi connectivity index (χ1n) is 6.37. The third-order valence-electron chi connectivity index (χ3n) is 3.52. The molecule has 2 rings (SSSR count). The van der Waals surface area contributed by atoms with E-state index in [1.165, 1.54) is 26.4 Å². The molecule has 1 aromatic carbocycles. The fourth-order valence-electron chi connectivity index (χ4n) is 2.40. The average molecular weight is 293 g/mol. The van der Waals surface area contributed by atoms with Gasteiger partial charge in [-0.3, -0.25) is 4.79 Å². The Kier molecular flexibility index (Phi) is 4.26. The molecular weight excluding hydrogens is 277 g/mol. The van der Waals surface area contributed by atoms with E-state index in [0.29, 0.717) is 11.1 Å². The Hall–Kier alpha value is -2.37. The number of halogens is 1. The van der Waals surface area contributed by atoms with Gasteiger partial charge in [0.15, 0.2) is 0 Å². The van der Waals surface area contributed by atoms with Gasteiger partial charge in [0.2, 0.25) is 0 Å². The standard InChI is InChI=1S/C15H16FNO4/c1-17-12-5-4-10(16)6-9(12)7-11(15(19)21-3)13(17)8-14(18)20-2/h4-7,13H,8H2,1-3H3.